The van der Waals surface area contributed by atoms with E-state index in [9.17, 15) is 0 Å². The molecule has 16 heavy (non-hydrogen) atoms. The Morgan fingerprint density at radius 3 is 3.00 bits per heavy atom. The SMILES string of the molecule is NNc1cc(N2CCCSCC2)nc(N)n1. The number of hydrazine groups is 1. The Balaban J connectivity index is 2.20. The molecule has 0 saturated carbocycles. The second-order valence-corrected chi connectivity index (χ2v) is 4.79. The summed E-state index contributed by atoms with van der Waals surface area (Å²) in [6, 6.07) is 1.83. The molecule has 6 nitrogen and oxygen atoms in total. The number of nitrogens with one attached hydrogen (secondary N) is 1. The van der Waals surface area contributed by atoms with Gasteiger partial charge in [-0.05, 0) is 12.2 Å². The molecule has 0 aliphatic carbocycles. The minimum Gasteiger partial charge on any atom is -0.368 e. The number of hydrogen-bond donors (Lipinski definition) is 3. The average molecular weight is 240 g/mol. The molecule has 2 rings (SSSR count). The fraction of sp³-hybridized carbons (Fsp3) is 0.556. The highest BCUT2D eigenvalue weighted by Gasteiger charge is 2.12. The molecule has 88 valence electrons. The number of rotatable bonds is 2. The lowest BCUT2D eigenvalue weighted by molar-refractivity contribution is 0.800. The van der Waals surface area contributed by atoms with Gasteiger partial charge in [-0.15, -0.1) is 0 Å². The molecule has 1 aliphatic rings. The Bertz CT molecular complexity index is 350. The zero-order chi connectivity index (χ0) is 11.4. The van der Waals surface area contributed by atoms with E-state index in [0.717, 1.165) is 24.7 Å². The van der Waals surface area contributed by atoms with Gasteiger partial charge in [0.25, 0.3) is 0 Å². The van der Waals surface area contributed by atoms with E-state index >= 15 is 0 Å². The number of nitrogens with two attached hydrogens (primary N) is 2. The summed E-state index contributed by atoms with van der Waals surface area (Å²) in [6.07, 6.45) is 1.17. The first-order chi connectivity index (χ1) is 7.79. The van der Waals surface area contributed by atoms with Gasteiger partial charge >= 0.3 is 0 Å². The Hall–Kier alpha value is -1.21. The van der Waals surface area contributed by atoms with Crippen LogP contribution in [0.2, 0.25) is 0 Å². The van der Waals surface area contributed by atoms with Gasteiger partial charge in [-0.3, -0.25) is 0 Å². The van der Waals surface area contributed by atoms with Gasteiger partial charge in [0.1, 0.15) is 11.6 Å². The molecule has 0 radical (unpaired) electrons. The minimum absolute atomic E-state index is 0.252. The van der Waals surface area contributed by atoms with Gasteiger partial charge < -0.3 is 16.1 Å². The van der Waals surface area contributed by atoms with Crippen LogP contribution in [0.5, 0.6) is 0 Å². The van der Waals surface area contributed by atoms with Gasteiger partial charge in [-0.25, -0.2) is 5.84 Å². The topological polar surface area (TPSA) is 93.1 Å². The molecule has 0 atom stereocenters. The molecule has 1 saturated heterocycles. The van der Waals surface area contributed by atoms with Gasteiger partial charge in [-0.2, -0.15) is 21.7 Å². The van der Waals surface area contributed by atoms with Crippen LogP contribution in [-0.4, -0.2) is 34.6 Å². The number of aromatic nitrogens is 2. The summed E-state index contributed by atoms with van der Waals surface area (Å²) < 4.78 is 0. The Morgan fingerprint density at radius 2 is 2.19 bits per heavy atom. The molecule has 0 spiro atoms. The van der Waals surface area contributed by atoms with Crippen molar-refractivity contribution in [2.75, 3.05) is 40.7 Å². The maximum atomic E-state index is 5.63. The second kappa shape index (κ2) is 5.22. The number of hydrogen-bond acceptors (Lipinski definition) is 7. The highest BCUT2D eigenvalue weighted by Crippen LogP contribution is 2.19. The second-order valence-electron chi connectivity index (χ2n) is 3.57. The monoisotopic (exact) mass is 240 g/mol. The lowest BCUT2D eigenvalue weighted by Gasteiger charge is -2.21. The van der Waals surface area contributed by atoms with Crippen LogP contribution in [0.4, 0.5) is 17.6 Å². The predicted molar refractivity (Wildman–Crippen MR) is 68.4 cm³/mol. The lowest BCUT2D eigenvalue weighted by atomic mass is 10.4. The number of nitrogen functional groups attached to an aromatic ring is 2. The van der Waals surface area contributed by atoms with Crippen molar-refractivity contribution in [3.8, 4) is 0 Å². The molecule has 1 aromatic heterocycles. The summed E-state index contributed by atoms with van der Waals surface area (Å²) >= 11 is 1.97. The first kappa shape index (κ1) is 11.3. The smallest absolute Gasteiger partial charge is 0.223 e. The maximum absolute atomic E-state index is 5.63. The van der Waals surface area contributed by atoms with Crippen LogP contribution in [0.15, 0.2) is 6.07 Å². The minimum atomic E-state index is 0.252. The number of nitrogens with zero attached hydrogens (tertiary/aromatic N) is 3. The molecule has 1 aliphatic heterocycles. The highest BCUT2D eigenvalue weighted by molar-refractivity contribution is 7.99. The van der Waals surface area contributed by atoms with Gasteiger partial charge in [-0.1, -0.05) is 0 Å². The van der Waals surface area contributed by atoms with Crippen molar-refractivity contribution in [1.82, 2.24) is 9.97 Å². The summed E-state index contributed by atoms with van der Waals surface area (Å²) in [5.41, 5.74) is 8.13. The van der Waals surface area contributed by atoms with Crippen LogP contribution in [-0.2, 0) is 0 Å². The van der Waals surface area contributed by atoms with E-state index in [1.165, 1.54) is 12.2 Å². The van der Waals surface area contributed by atoms with Crippen molar-refractivity contribution in [3.05, 3.63) is 6.07 Å². The fourth-order valence-electron chi connectivity index (χ4n) is 1.66. The van der Waals surface area contributed by atoms with Gasteiger partial charge in [0.15, 0.2) is 0 Å². The highest BCUT2D eigenvalue weighted by atomic mass is 32.2. The van der Waals surface area contributed by atoms with Crippen molar-refractivity contribution >= 4 is 29.3 Å². The van der Waals surface area contributed by atoms with Gasteiger partial charge in [0.2, 0.25) is 5.95 Å². The third-order valence-electron chi connectivity index (χ3n) is 2.42. The summed E-state index contributed by atoms with van der Waals surface area (Å²) in [4.78, 5) is 10.4. The van der Waals surface area contributed by atoms with E-state index in [1.54, 1.807) is 0 Å². The largest absolute Gasteiger partial charge is 0.368 e. The van der Waals surface area contributed by atoms with Crippen molar-refractivity contribution < 1.29 is 0 Å². The molecule has 7 heteroatoms. The molecule has 2 heterocycles. The van der Waals surface area contributed by atoms with Gasteiger partial charge in [0.05, 0.1) is 0 Å². The Morgan fingerprint density at radius 1 is 1.31 bits per heavy atom. The lowest BCUT2D eigenvalue weighted by Crippen LogP contribution is -2.27. The normalized spacial score (nSPS) is 16.9. The van der Waals surface area contributed by atoms with Gasteiger partial charge in [0, 0.05) is 24.9 Å². The first-order valence-corrected chi connectivity index (χ1v) is 6.39. The molecule has 5 N–H and O–H groups in total. The average Bonchev–Trinajstić information content (AvgIpc) is 2.56. The van der Waals surface area contributed by atoms with Crippen LogP contribution in [0.3, 0.4) is 0 Å². The Kier molecular flexibility index (Phi) is 3.68. The number of anilines is 3. The molecular formula is C9H16N6S. The zero-order valence-electron chi connectivity index (χ0n) is 9.02. The standard InChI is InChI=1S/C9H16N6S/c10-9-12-7(14-11)6-8(13-9)15-2-1-4-16-5-3-15/h6H,1-5,11H2,(H3,10,12,13,14). The number of thioether (sulfide) groups is 1. The van der Waals surface area contributed by atoms with Crippen LogP contribution >= 0.6 is 11.8 Å². The van der Waals surface area contributed by atoms with Crippen molar-refractivity contribution in [2.24, 2.45) is 5.84 Å². The first-order valence-electron chi connectivity index (χ1n) is 5.23. The van der Waals surface area contributed by atoms with Crippen molar-refractivity contribution in [1.29, 1.82) is 0 Å². The van der Waals surface area contributed by atoms with Crippen molar-refractivity contribution in [3.63, 3.8) is 0 Å². The zero-order valence-corrected chi connectivity index (χ0v) is 9.83. The van der Waals surface area contributed by atoms with E-state index in [0.29, 0.717) is 5.82 Å². The van der Waals surface area contributed by atoms with Crippen LogP contribution < -0.4 is 21.9 Å². The van der Waals surface area contributed by atoms with Crippen LogP contribution in [0, 0.1) is 0 Å². The molecular weight excluding hydrogens is 224 g/mol. The van der Waals surface area contributed by atoms with E-state index in [1.807, 2.05) is 17.8 Å². The Labute approximate surface area is 98.8 Å². The molecule has 1 fully saturated rings. The summed E-state index contributed by atoms with van der Waals surface area (Å²) in [5, 5.41) is 0. The summed E-state index contributed by atoms with van der Waals surface area (Å²) in [5.74, 6) is 9.31. The fourth-order valence-corrected chi connectivity index (χ4v) is 2.55. The molecule has 1 aromatic rings. The van der Waals surface area contributed by atoms with E-state index < -0.39 is 0 Å². The molecule has 0 bridgehead atoms. The quantitative estimate of drug-likeness (QED) is 0.505. The van der Waals surface area contributed by atoms with E-state index in [-0.39, 0.29) is 5.95 Å². The van der Waals surface area contributed by atoms with Crippen LogP contribution in [0.25, 0.3) is 0 Å². The van der Waals surface area contributed by atoms with Crippen molar-refractivity contribution in [2.45, 2.75) is 6.42 Å². The summed E-state index contributed by atoms with van der Waals surface area (Å²) in [7, 11) is 0. The van der Waals surface area contributed by atoms with E-state index in [4.69, 9.17) is 11.6 Å². The summed E-state index contributed by atoms with van der Waals surface area (Å²) in [6.45, 7) is 2.00. The third kappa shape index (κ3) is 2.67. The third-order valence-corrected chi connectivity index (χ3v) is 3.47. The maximum Gasteiger partial charge on any atom is 0.223 e. The molecule has 0 amide bonds. The molecule has 0 aromatic carbocycles. The molecule has 0 unspecified atom stereocenters. The van der Waals surface area contributed by atoms with Crippen LogP contribution in [0.1, 0.15) is 6.42 Å². The predicted octanol–water partition coefficient (Wildman–Crippen LogP) is 0.288. The van der Waals surface area contributed by atoms with E-state index in [2.05, 4.69) is 20.3 Å².